The summed E-state index contributed by atoms with van der Waals surface area (Å²) in [5.74, 6) is 1.40. The number of nitrogens with zero attached hydrogens (tertiary/aromatic N) is 2. The van der Waals surface area contributed by atoms with Gasteiger partial charge in [-0.05, 0) is 69.1 Å². The second-order valence-electron chi connectivity index (χ2n) is 13.4. The molecule has 0 spiro atoms. The van der Waals surface area contributed by atoms with Gasteiger partial charge in [0.1, 0.15) is 34.3 Å². The largest absolute Gasteiger partial charge is 0.456 e. The Labute approximate surface area is 298 Å². The average Bonchev–Trinajstić information content (AvgIpc) is 3.78. The summed E-state index contributed by atoms with van der Waals surface area (Å²) >= 11 is 0. The molecule has 2 aromatic heterocycles. The van der Waals surface area contributed by atoms with E-state index in [9.17, 15) is 0 Å². The molecule has 0 radical (unpaired) electrons. The highest BCUT2D eigenvalue weighted by molar-refractivity contribution is 6.23. The summed E-state index contributed by atoms with van der Waals surface area (Å²) in [5.41, 5.74) is 8.19. The van der Waals surface area contributed by atoms with Gasteiger partial charge in [0, 0.05) is 38.2 Å². The van der Waals surface area contributed by atoms with E-state index < -0.39 is 0 Å². The molecule has 0 amide bonds. The molecule has 1 aliphatic heterocycles. The summed E-state index contributed by atoms with van der Waals surface area (Å²) in [6, 6.07) is 56.9. The molecule has 0 saturated heterocycles. The van der Waals surface area contributed by atoms with Crippen LogP contribution < -0.4 is 5.32 Å². The fraction of sp³-hybridized carbons (Fsp3) is 0.0213. The van der Waals surface area contributed by atoms with E-state index in [1.807, 2.05) is 24.3 Å². The van der Waals surface area contributed by atoms with E-state index in [1.54, 1.807) is 0 Å². The first-order chi connectivity index (χ1) is 25.7. The SMILES string of the molecule is c1ccc2cc(C3=NC(c4cc(-c5cccc6c5oc5ccccc56)cc5oc6ccccc6c45)=NC(c4ccc5ccccc5c4)N3)ccc2c1. The molecule has 1 aliphatic rings. The minimum absolute atomic E-state index is 0.380. The lowest BCUT2D eigenvalue weighted by molar-refractivity contribution is 0.667. The predicted octanol–water partition coefficient (Wildman–Crippen LogP) is 12.0. The molecule has 8 aromatic carbocycles. The van der Waals surface area contributed by atoms with Crippen molar-refractivity contribution in [3.63, 3.8) is 0 Å². The van der Waals surface area contributed by atoms with Gasteiger partial charge in [0.2, 0.25) is 0 Å². The summed E-state index contributed by atoms with van der Waals surface area (Å²) in [6.07, 6.45) is -0.380. The molecule has 52 heavy (non-hydrogen) atoms. The Balaban J connectivity index is 1.17. The van der Waals surface area contributed by atoms with Gasteiger partial charge in [0.15, 0.2) is 5.84 Å². The van der Waals surface area contributed by atoms with Gasteiger partial charge in [-0.15, -0.1) is 0 Å². The fourth-order valence-electron chi connectivity index (χ4n) is 7.76. The molecule has 0 fully saturated rings. The van der Waals surface area contributed by atoms with E-state index >= 15 is 0 Å². The lowest BCUT2D eigenvalue weighted by Crippen LogP contribution is -2.33. The van der Waals surface area contributed by atoms with Crippen LogP contribution in [-0.4, -0.2) is 11.7 Å². The first kappa shape index (κ1) is 28.8. The quantitative estimate of drug-likeness (QED) is 0.203. The molecule has 11 rings (SSSR count). The van der Waals surface area contributed by atoms with Crippen LogP contribution in [-0.2, 0) is 0 Å². The number of furan rings is 2. The van der Waals surface area contributed by atoms with E-state index in [4.69, 9.17) is 18.8 Å². The van der Waals surface area contributed by atoms with Crippen molar-refractivity contribution in [3.8, 4) is 11.1 Å². The average molecular weight is 668 g/mol. The summed E-state index contributed by atoms with van der Waals surface area (Å²) in [5, 5.41) is 12.6. The van der Waals surface area contributed by atoms with Crippen LogP contribution in [0.4, 0.5) is 0 Å². The highest BCUT2D eigenvalue weighted by atomic mass is 16.3. The number of aliphatic imine (C=N–C) groups is 2. The summed E-state index contributed by atoms with van der Waals surface area (Å²) in [6.45, 7) is 0. The second kappa shape index (κ2) is 11.3. The van der Waals surface area contributed by atoms with Crippen molar-refractivity contribution in [3.05, 3.63) is 180 Å². The Morgan fingerprint density at radius 3 is 1.96 bits per heavy atom. The maximum atomic E-state index is 6.59. The predicted molar refractivity (Wildman–Crippen MR) is 213 cm³/mol. The van der Waals surface area contributed by atoms with E-state index in [2.05, 4.69) is 145 Å². The van der Waals surface area contributed by atoms with Crippen molar-refractivity contribution < 1.29 is 8.83 Å². The third kappa shape index (κ3) is 4.56. The Morgan fingerprint density at radius 2 is 1.13 bits per heavy atom. The van der Waals surface area contributed by atoms with Gasteiger partial charge in [-0.1, -0.05) is 127 Å². The Bertz CT molecular complexity index is 3130. The Hall–Kier alpha value is -6.98. The first-order valence-corrected chi connectivity index (χ1v) is 17.5. The molecular weight excluding hydrogens is 639 g/mol. The van der Waals surface area contributed by atoms with Gasteiger partial charge in [0.25, 0.3) is 0 Å². The molecule has 0 bridgehead atoms. The minimum atomic E-state index is -0.380. The van der Waals surface area contributed by atoms with Crippen LogP contribution in [0.1, 0.15) is 22.9 Å². The highest BCUT2D eigenvalue weighted by Crippen LogP contribution is 2.41. The van der Waals surface area contributed by atoms with Gasteiger partial charge < -0.3 is 14.2 Å². The Kier molecular flexibility index (Phi) is 6.25. The number of fused-ring (bicyclic) bond motifs is 8. The van der Waals surface area contributed by atoms with Crippen molar-refractivity contribution in [2.24, 2.45) is 9.98 Å². The maximum absolute atomic E-state index is 6.59. The van der Waals surface area contributed by atoms with E-state index in [1.165, 1.54) is 10.8 Å². The number of nitrogens with one attached hydrogen (secondary N) is 1. The van der Waals surface area contributed by atoms with Crippen molar-refractivity contribution in [1.82, 2.24) is 5.32 Å². The zero-order valence-corrected chi connectivity index (χ0v) is 27.9. The lowest BCUT2D eigenvalue weighted by atomic mass is 9.96. The number of para-hydroxylation sites is 3. The van der Waals surface area contributed by atoms with Crippen LogP contribution in [0, 0.1) is 0 Å². The van der Waals surface area contributed by atoms with Crippen LogP contribution in [0.15, 0.2) is 183 Å². The third-order valence-corrected chi connectivity index (χ3v) is 10.3. The molecule has 1 atom stereocenters. The van der Waals surface area contributed by atoms with Gasteiger partial charge >= 0.3 is 0 Å². The van der Waals surface area contributed by atoms with Gasteiger partial charge in [-0.3, -0.25) is 0 Å². The number of benzene rings is 8. The number of hydrogen-bond acceptors (Lipinski definition) is 5. The molecular formula is C47H29N3O2. The van der Waals surface area contributed by atoms with E-state index in [-0.39, 0.29) is 6.17 Å². The van der Waals surface area contributed by atoms with Crippen molar-refractivity contribution in [1.29, 1.82) is 0 Å². The van der Waals surface area contributed by atoms with Crippen LogP contribution in [0.3, 0.4) is 0 Å². The fourth-order valence-corrected chi connectivity index (χ4v) is 7.76. The molecule has 1 N–H and O–H groups in total. The normalized spacial score (nSPS) is 14.7. The maximum Gasteiger partial charge on any atom is 0.160 e. The van der Waals surface area contributed by atoms with E-state index in [0.717, 1.165) is 88.3 Å². The second-order valence-corrected chi connectivity index (χ2v) is 13.4. The highest BCUT2D eigenvalue weighted by Gasteiger charge is 2.25. The molecule has 244 valence electrons. The number of rotatable bonds is 4. The molecule has 0 saturated carbocycles. The zero-order valence-electron chi connectivity index (χ0n) is 27.9. The van der Waals surface area contributed by atoms with E-state index in [0.29, 0.717) is 5.84 Å². The smallest absolute Gasteiger partial charge is 0.160 e. The summed E-state index contributed by atoms with van der Waals surface area (Å²) in [7, 11) is 0. The van der Waals surface area contributed by atoms with Gasteiger partial charge in [-0.2, -0.15) is 0 Å². The topological polar surface area (TPSA) is 63.0 Å². The molecule has 0 aliphatic carbocycles. The number of hydrogen-bond donors (Lipinski definition) is 1. The molecule has 3 heterocycles. The molecule has 5 nitrogen and oxygen atoms in total. The van der Waals surface area contributed by atoms with Crippen molar-refractivity contribution in [2.75, 3.05) is 0 Å². The van der Waals surface area contributed by atoms with Gasteiger partial charge in [0.05, 0.1) is 0 Å². The molecule has 10 aromatic rings. The molecule has 1 unspecified atom stereocenters. The summed E-state index contributed by atoms with van der Waals surface area (Å²) in [4.78, 5) is 10.7. The van der Waals surface area contributed by atoms with Crippen LogP contribution in [0.25, 0.3) is 76.5 Å². The van der Waals surface area contributed by atoms with Crippen LogP contribution >= 0.6 is 0 Å². The van der Waals surface area contributed by atoms with Crippen molar-refractivity contribution in [2.45, 2.75) is 6.17 Å². The molecule has 5 heteroatoms. The number of amidine groups is 2. The third-order valence-electron chi connectivity index (χ3n) is 10.3. The first-order valence-electron chi connectivity index (χ1n) is 17.5. The monoisotopic (exact) mass is 667 g/mol. The standard InChI is InChI=1S/C47H29N3O2/c1-3-12-30-24-32(22-20-28(30)10-1)45-48-46(33-23-21-29-11-2-4-13-31(29)25-33)50-47(49-45)39-26-34(27-42-43(39)38-15-6-8-19-41(38)51-42)35-16-9-17-37-36-14-5-7-18-40(36)52-44(35)37/h1-27,45H,(H,48,49,50). The van der Waals surface area contributed by atoms with Crippen LogP contribution in [0.5, 0.6) is 0 Å². The zero-order chi connectivity index (χ0) is 34.2. The van der Waals surface area contributed by atoms with Crippen molar-refractivity contribution >= 4 is 77.1 Å². The van der Waals surface area contributed by atoms with Gasteiger partial charge in [-0.25, -0.2) is 9.98 Å². The minimum Gasteiger partial charge on any atom is -0.456 e. The lowest BCUT2D eigenvalue weighted by Gasteiger charge is -2.24. The Morgan fingerprint density at radius 1 is 0.462 bits per heavy atom. The van der Waals surface area contributed by atoms with Crippen LogP contribution in [0.2, 0.25) is 0 Å². The summed E-state index contributed by atoms with van der Waals surface area (Å²) < 4.78 is 13.1.